The number of anilines is 1. The standard InChI is InChI=1S/C25H33F2N3O4/c1-15(34-2)30-14-19(25(32)33)24(31)18-13-20(26)23(21(27)22(18)30)29-11-7-17(8-12-29)4-3-16-5-9-28-10-6-16/h13-17,28H,3-12H2,1-2H3,(H,32,33). The summed E-state index contributed by atoms with van der Waals surface area (Å²) in [6.07, 6.45) is 6.83. The number of benzene rings is 1. The molecule has 2 aromatic rings. The molecule has 1 unspecified atom stereocenters. The molecule has 0 radical (unpaired) electrons. The third-order valence-corrected chi connectivity index (χ3v) is 7.52. The number of carbonyl (C=O) groups is 1. The molecule has 0 bridgehead atoms. The van der Waals surface area contributed by atoms with Crippen molar-refractivity contribution in [1.82, 2.24) is 9.88 Å². The van der Waals surface area contributed by atoms with E-state index in [0.29, 0.717) is 19.0 Å². The smallest absolute Gasteiger partial charge is 0.341 e. The fourth-order valence-corrected chi connectivity index (χ4v) is 5.36. The lowest BCUT2D eigenvalue weighted by Crippen LogP contribution is -2.35. The first-order chi connectivity index (χ1) is 16.3. The average Bonchev–Trinajstić information content (AvgIpc) is 2.84. The number of aromatic carboxylic acids is 1. The molecular formula is C25H33F2N3O4. The van der Waals surface area contributed by atoms with Crippen LogP contribution in [0.4, 0.5) is 14.5 Å². The Bertz CT molecular complexity index is 1110. The Morgan fingerprint density at radius 3 is 2.38 bits per heavy atom. The van der Waals surface area contributed by atoms with Crippen LogP contribution in [0.25, 0.3) is 10.9 Å². The Morgan fingerprint density at radius 1 is 1.18 bits per heavy atom. The Labute approximate surface area is 197 Å². The van der Waals surface area contributed by atoms with Crippen LogP contribution in [0.2, 0.25) is 0 Å². The van der Waals surface area contributed by atoms with Gasteiger partial charge < -0.3 is 24.6 Å². The first-order valence-electron chi connectivity index (χ1n) is 12.1. The van der Waals surface area contributed by atoms with Crippen LogP contribution < -0.4 is 15.6 Å². The first-order valence-corrected chi connectivity index (χ1v) is 12.1. The van der Waals surface area contributed by atoms with Crippen LogP contribution in [0.1, 0.15) is 62.0 Å². The highest BCUT2D eigenvalue weighted by Gasteiger charge is 2.29. The van der Waals surface area contributed by atoms with Gasteiger partial charge in [-0.25, -0.2) is 13.6 Å². The van der Waals surface area contributed by atoms with Gasteiger partial charge in [0.2, 0.25) is 5.43 Å². The van der Waals surface area contributed by atoms with E-state index in [2.05, 4.69) is 5.32 Å². The van der Waals surface area contributed by atoms with E-state index in [-0.39, 0.29) is 16.6 Å². The lowest BCUT2D eigenvalue weighted by molar-refractivity contribution is 0.0616. The number of nitrogens with zero attached hydrogens (tertiary/aromatic N) is 2. The number of hydrogen-bond donors (Lipinski definition) is 2. The highest BCUT2D eigenvalue weighted by molar-refractivity contribution is 5.94. The van der Waals surface area contributed by atoms with Gasteiger partial charge in [0.05, 0.1) is 10.9 Å². The van der Waals surface area contributed by atoms with Crippen molar-refractivity contribution in [2.24, 2.45) is 11.8 Å². The summed E-state index contributed by atoms with van der Waals surface area (Å²) in [5, 5.41) is 12.5. The normalized spacial score (nSPS) is 19.0. The minimum atomic E-state index is -1.46. The van der Waals surface area contributed by atoms with E-state index >= 15 is 8.78 Å². The van der Waals surface area contributed by atoms with Gasteiger partial charge in [-0.05, 0) is 63.6 Å². The van der Waals surface area contributed by atoms with Crippen LogP contribution >= 0.6 is 0 Å². The topological polar surface area (TPSA) is 83.8 Å². The summed E-state index contributed by atoms with van der Waals surface area (Å²) in [5.41, 5.74) is -1.78. The first kappa shape index (κ1) is 24.6. The summed E-state index contributed by atoms with van der Waals surface area (Å²) in [5.74, 6) is -1.86. The molecule has 1 aromatic carbocycles. The summed E-state index contributed by atoms with van der Waals surface area (Å²) in [6, 6.07) is 0.963. The molecule has 1 aromatic heterocycles. The summed E-state index contributed by atoms with van der Waals surface area (Å²) < 4.78 is 37.5. The molecule has 4 rings (SSSR count). The van der Waals surface area contributed by atoms with E-state index in [9.17, 15) is 14.7 Å². The Kier molecular flexibility index (Phi) is 7.52. The van der Waals surface area contributed by atoms with Crippen molar-refractivity contribution in [3.8, 4) is 0 Å². The molecular weight excluding hydrogens is 444 g/mol. The Morgan fingerprint density at radius 2 is 1.79 bits per heavy atom. The van der Waals surface area contributed by atoms with Crippen molar-refractivity contribution < 1.29 is 23.4 Å². The number of pyridine rings is 1. The SMILES string of the molecule is COC(C)n1cc(C(=O)O)c(=O)c2cc(F)c(N3CCC(CCC4CCNCC4)CC3)c(F)c21. The largest absolute Gasteiger partial charge is 0.477 e. The molecule has 7 nitrogen and oxygen atoms in total. The van der Waals surface area contributed by atoms with E-state index in [0.717, 1.165) is 50.5 Å². The molecule has 0 amide bonds. The monoisotopic (exact) mass is 477 g/mol. The van der Waals surface area contributed by atoms with Crippen LogP contribution in [0, 0.1) is 23.5 Å². The zero-order valence-electron chi connectivity index (χ0n) is 19.8. The van der Waals surface area contributed by atoms with Gasteiger partial charge in [-0.3, -0.25) is 4.79 Å². The molecule has 34 heavy (non-hydrogen) atoms. The maximum absolute atomic E-state index is 15.8. The maximum atomic E-state index is 15.8. The number of methoxy groups -OCH3 is 1. The number of ether oxygens (including phenoxy) is 1. The second-order valence-electron chi connectivity index (χ2n) is 9.54. The number of carboxylic acids is 1. The van der Waals surface area contributed by atoms with Crippen LogP contribution in [0.5, 0.6) is 0 Å². The van der Waals surface area contributed by atoms with E-state index in [1.807, 2.05) is 0 Å². The molecule has 186 valence electrons. The predicted molar refractivity (Wildman–Crippen MR) is 127 cm³/mol. The Balaban J connectivity index is 1.60. The molecule has 0 aliphatic carbocycles. The Hall–Kier alpha value is -2.52. The summed E-state index contributed by atoms with van der Waals surface area (Å²) >= 11 is 0. The zero-order chi connectivity index (χ0) is 24.4. The molecule has 2 aliphatic heterocycles. The molecule has 2 fully saturated rings. The van der Waals surface area contributed by atoms with Crippen LogP contribution in [0.3, 0.4) is 0 Å². The van der Waals surface area contributed by atoms with E-state index in [1.54, 1.807) is 11.8 Å². The van der Waals surface area contributed by atoms with Gasteiger partial charge in [0, 0.05) is 26.4 Å². The summed E-state index contributed by atoms with van der Waals surface area (Å²) in [7, 11) is 1.39. The molecule has 9 heteroatoms. The van der Waals surface area contributed by atoms with Crippen molar-refractivity contribution in [2.45, 2.75) is 51.7 Å². The lowest BCUT2D eigenvalue weighted by Gasteiger charge is -2.35. The molecule has 2 aliphatic rings. The minimum absolute atomic E-state index is 0.145. The quantitative estimate of drug-likeness (QED) is 0.624. The van der Waals surface area contributed by atoms with Crippen LogP contribution in [-0.4, -0.2) is 48.9 Å². The lowest BCUT2D eigenvalue weighted by atomic mass is 9.85. The number of halogens is 2. The van der Waals surface area contributed by atoms with E-state index in [1.165, 1.54) is 30.9 Å². The van der Waals surface area contributed by atoms with Crippen molar-refractivity contribution in [1.29, 1.82) is 0 Å². The van der Waals surface area contributed by atoms with E-state index < -0.39 is 34.8 Å². The highest BCUT2D eigenvalue weighted by Crippen LogP contribution is 2.35. The molecule has 1 atom stereocenters. The number of rotatable bonds is 7. The third-order valence-electron chi connectivity index (χ3n) is 7.52. The maximum Gasteiger partial charge on any atom is 0.341 e. The van der Waals surface area contributed by atoms with Crippen molar-refractivity contribution in [2.75, 3.05) is 38.2 Å². The van der Waals surface area contributed by atoms with Crippen LogP contribution in [0.15, 0.2) is 17.1 Å². The molecule has 0 spiro atoms. The number of nitrogens with one attached hydrogen (secondary N) is 1. The van der Waals surface area contributed by atoms with E-state index in [4.69, 9.17) is 4.74 Å². The van der Waals surface area contributed by atoms with Gasteiger partial charge in [0.1, 0.15) is 23.3 Å². The minimum Gasteiger partial charge on any atom is -0.477 e. The number of carboxylic acid groups (broad SMARTS) is 1. The predicted octanol–water partition coefficient (Wildman–Crippen LogP) is 4.14. The van der Waals surface area contributed by atoms with Gasteiger partial charge in [0.25, 0.3) is 0 Å². The fourth-order valence-electron chi connectivity index (χ4n) is 5.36. The summed E-state index contributed by atoms with van der Waals surface area (Å²) in [6.45, 7) is 4.85. The molecule has 2 saturated heterocycles. The fraction of sp³-hybridized carbons (Fsp3) is 0.600. The third kappa shape index (κ3) is 4.81. The zero-order valence-corrected chi connectivity index (χ0v) is 19.8. The molecule has 2 N–H and O–H groups in total. The number of hydrogen-bond acceptors (Lipinski definition) is 5. The number of piperidine rings is 2. The van der Waals surface area contributed by atoms with Gasteiger partial charge in [0.15, 0.2) is 5.82 Å². The highest BCUT2D eigenvalue weighted by atomic mass is 19.1. The average molecular weight is 478 g/mol. The van der Waals surface area contributed by atoms with Gasteiger partial charge in [-0.15, -0.1) is 0 Å². The van der Waals surface area contributed by atoms with Crippen molar-refractivity contribution >= 4 is 22.6 Å². The van der Waals surface area contributed by atoms with Crippen molar-refractivity contribution in [3.63, 3.8) is 0 Å². The second-order valence-corrected chi connectivity index (χ2v) is 9.54. The number of aromatic nitrogens is 1. The summed E-state index contributed by atoms with van der Waals surface area (Å²) in [4.78, 5) is 25.9. The van der Waals surface area contributed by atoms with Gasteiger partial charge in [-0.1, -0.05) is 12.8 Å². The van der Waals surface area contributed by atoms with Gasteiger partial charge >= 0.3 is 5.97 Å². The van der Waals surface area contributed by atoms with Crippen molar-refractivity contribution in [3.05, 3.63) is 39.7 Å². The molecule has 3 heterocycles. The number of fused-ring (bicyclic) bond motifs is 1. The van der Waals surface area contributed by atoms with Gasteiger partial charge in [-0.2, -0.15) is 0 Å². The molecule has 0 saturated carbocycles. The van der Waals surface area contributed by atoms with Crippen LogP contribution in [-0.2, 0) is 4.74 Å². The second kappa shape index (κ2) is 10.4.